The van der Waals surface area contributed by atoms with Crippen molar-refractivity contribution < 1.29 is 9.90 Å². The minimum Gasteiger partial charge on any atom is -0.508 e. The Morgan fingerprint density at radius 2 is 1.00 bits per heavy atom. The Balaban J connectivity index is -0.000000311. The molecular formula is C25H36N2O2. The van der Waals surface area contributed by atoms with Crippen LogP contribution in [0.5, 0.6) is 5.75 Å². The molecule has 0 heterocycles. The zero-order valence-electron chi connectivity index (χ0n) is 18.5. The predicted molar refractivity (Wildman–Crippen MR) is 127 cm³/mol. The van der Waals surface area contributed by atoms with Crippen LogP contribution in [0.4, 0.5) is 11.4 Å². The number of aliphatic imine (C=N–C) groups is 1. The van der Waals surface area contributed by atoms with E-state index in [1.54, 1.807) is 36.4 Å². The van der Waals surface area contributed by atoms with Crippen LogP contribution >= 0.6 is 0 Å². The van der Waals surface area contributed by atoms with Gasteiger partial charge in [-0.3, -0.25) is 0 Å². The van der Waals surface area contributed by atoms with Crippen LogP contribution in [-0.4, -0.2) is 11.2 Å². The first-order valence-electron chi connectivity index (χ1n) is 9.90. The average Bonchev–Trinajstić information content (AvgIpc) is 2.81. The SMILES string of the molecule is CC.CC.CC.Nc1ccccc1.O=C=Nc1ccccc1.Oc1ccccc1. The average molecular weight is 397 g/mol. The van der Waals surface area contributed by atoms with Crippen molar-refractivity contribution in [2.75, 3.05) is 5.73 Å². The van der Waals surface area contributed by atoms with Gasteiger partial charge in [0, 0.05) is 5.69 Å². The molecule has 0 aliphatic heterocycles. The summed E-state index contributed by atoms with van der Waals surface area (Å²) in [5.74, 6) is 0.322. The molecule has 0 amide bonds. The monoisotopic (exact) mass is 396 g/mol. The third kappa shape index (κ3) is 22.6. The number of carbonyl (C=O) groups excluding carboxylic acids is 1. The van der Waals surface area contributed by atoms with E-state index in [0.717, 1.165) is 5.69 Å². The van der Waals surface area contributed by atoms with Crippen LogP contribution in [0, 0.1) is 0 Å². The number of nitrogen functional groups attached to an aromatic ring is 1. The number of hydrogen-bond donors (Lipinski definition) is 2. The Labute approximate surface area is 176 Å². The highest BCUT2D eigenvalue weighted by Crippen LogP contribution is 2.07. The van der Waals surface area contributed by atoms with E-state index < -0.39 is 0 Å². The van der Waals surface area contributed by atoms with Crippen LogP contribution in [-0.2, 0) is 4.79 Å². The second kappa shape index (κ2) is 26.9. The lowest BCUT2D eigenvalue weighted by Gasteiger charge is -1.83. The summed E-state index contributed by atoms with van der Waals surface area (Å²) in [6.07, 6.45) is 1.46. The molecule has 0 saturated heterocycles. The molecule has 4 nitrogen and oxygen atoms in total. The van der Waals surface area contributed by atoms with Crippen LogP contribution in [0.3, 0.4) is 0 Å². The fourth-order valence-electron chi connectivity index (χ4n) is 1.44. The Morgan fingerprint density at radius 1 is 0.655 bits per heavy atom. The third-order valence-corrected chi connectivity index (χ3v) is 2.49. The molecule has 0 atom stereocenters. The zero-order valence-corrected chi connectivity index (χ0v) is 18.5. The van der Waals surface area contributed by atoms with E-state index in [0.29, 0.717) is 11.4 Å². The van der Waals surface area contributed by atoms with E-state index in [4.69, 9.17) is 10.8 Å². The molecule has 0 spiro atoms. The molecule has 158 valence electrons. The first-order valence-corrected chi connectivity index (χ1v) is 9.90. The summed E-state index contributed by atoms with van der Waals surface area (Å²) < 4.78 is 0. The maximum absolute atomic E-state index is 9.68. The Kier molecular flexibility index (Phi) is 28.1. The number of nitrogens with two attached hydrogens (primary N) is 1. The van der Waals surface area contributed by atoms with E-state index >= 15 is 0 Å². The molecule has 3 aromatic carbocycles. The highest BCUT2D eigenvalue weighted by atomic mass is 16.3. The normalized spacial score (nSPS) is 7.24. The minimum atomic E-state index is 0.322. The van der Waals surface area contributed by atoms with Gasteiger partial charge in [0.25, 0.3) is 0 Å². The van der Waals surface area contributed by atoms with Gasteiger partial charge in [0.05, 0.1) is 5.69 Å². The lowest BCUT2D eigenvalue weighted by molar-refractivity contribution is 0.475. The van der Waals surface area contributed by atoms with E-state index in [2.05, 4.69) is 4.99 Å². The number of benzene rings is 3. The van der Waals surface area contributed by atoms with Crippen molar-refractivity contribution in [3.63, 3.8) is 0 Å². The maximum atomic E-state index is 9.68. The molecule has 0 radical (unpaired) electrons. The summed E-state index contributed by atoms with van der Waals surface area (Å²) in [7, 11) is 0. The topological polar surface area (TPSA) is 75.7 Å². The molecule has 0 aliphatic rings. The molecule has 0 aliphatic carbocycles. The van der Waals surface area contributed by atoms with Gasteiger partial charge in [-0.05, 0) is 36.4 Å². The summed E-state index contributed by atoms with van der Waals surface area (Å²) in [5, 5.41) is 8.63. The van der Waals surface area contributed by atoms with Crippen molar-refractivity contribution in [3.8, 4) is 5.75 Å². The van der Waals surface area contributed by atoms with Gasteiger partial charge in [-0.2, -0.15) is 4.99 Å². The summed E-state index contributed by atoms with van der Waals surface area (Å²) >= 11 is 0. The van der Waals surface area contributed by atoms with Crippen LogP contribution in [0.2, 0.25) is 0 Å². The second-order valence-corrected chi connectivity index (χ2v) is 4.28. The van der Waals surface area contributed by atoms with Crippen LogP contribution in [0.1, 0.15) is 41.5 Å². The number of para-hydroxylation sites is 3. The van der Waals surface area contributed by atoms with Crippen molar-refractivity contribution in [1.82, 2.24) is 0 Å². The van der Waals surface area contributed by atoms with E-state index in [1.165, 1.54) is 6.08 Å². The number of isocyanates is 1. The van der Waals surface area contributed by atoms with E-state index in [9.17, 15) is 4.79 Å². The fraction of sp³-hybridized carbons (Fsp3) is 0.240. The number of anilines is 1. The van der Waals surface area contributed by atoms with Gasteiger partial charge in [0.1, 0.15) is 5.75 Å². The molecule has 0 bridgehead atoms. The molecule has 4 heteroatoms. The summed E-state index contributed by atoms with van der Waals surface area (Å²) in [5.41, 5.74) is 6.83. The molecule has 0 fully saturated rings. The van der Waals surface area contributed by atoms with Crippen LogP contribution in [0.25, 0.3) is 0 Å². The highest BCUT2D eigenvalue weighted by molar-refractivity contribution is 5.47. The molecule has 0 aromatic heterocycles. The van der Waals surface area contributed by atoms with Crippen molar-refractivity contribution in [1.29, 1.82) is 0 Å². The summed E-state index contributed by atoms with van der Waals surface area (Å²) in [6, 6.07) is 27.2. The van der Waals surface area contributed by atoms with Crippen molar-refractivity contribution in [3.05, 3.63) is 91.0 Å². The molecule has 3 N–H and O–H groups in total. The Hall–Kier alpha value is -3.36. The quantitative estimate of drug-likeness (QED) is 0.256. The lowest BCUT2D eigenvalue weighted by atomic mass is 10.3. The van der Waals surface area contributed by atoms with Gasteiger partial charge in [0.15, 0.2) is 0 Å². The first kappa shape index (κ1) is 30.4. The number of nitrogens with zero attached hydrogens (tertiary/aromatic N) is 1. The number of hydrogen-bond acceptors (Lipinski definition) is 4. The van der Waals surface area contributed by atoms with Crippen LogP contribution in [0.15, 0.2) is 96.0 Å². The van der Waals surface area contributed by atoms with Gasteiger partial charge in [-0.1, -0.05) is 96.1 Å². The number of rotatable bonds is 1. The Morgan fingerprint density at radius 3 is 1.24 bits per heavy atom. The minimum absolute atomic E-state index is 0.322. The Bertz CT molecular complexity index is 659. The second-order valence-electron chi connectivity index (χ2n) is 4.28. The third-order valence-electron chi connectivity index (χ3n) is 2.49. The molecule has 0 saturated carbocycles. The van der Waals surface area contributed by atoms with E-state index in [1.807, 2.05) is 96.1 Å². The maximum Gasteiger partial charge on any atom is 0.240 e. The van der Waals surface area contributed by atoms with Crippen molar-refractivity contribution in [2.45, 2.75) is 41.5 Å². The number of phenolic OH excluding ortho intramolecular Hbond substituents is 1. The fourth-order valence-corrected chi connectivity index (χ4v) is 1.44. The van der Waals surface area contributed by atoms with Crippen LogP contribution < -0.4 is 5.73 Å². The van der Waals surface area contributed by atoms with Crippen molar-refractivity contribution in [2.24, 2.45) is 4.99 Å². The number of aromatic hydroxyl groups is 1. The molecule has 29 heavy (non-hydrogen) atoms. The molecular weight excluding hydrogens is 360 g/mol. The first-order chi connectivity index (χ1) is 14.2. The van der Waals surface area contributed by atoms with E-state index in [-0.39, 0.29) is 0 Å². The zero-order chi connectivity index (χ0) is 22.8. The van der Waals surface area contributed by atoms with Gasteiger partial charge in [-0.15, -0.1) is 0 Å². The van der Waals surface area contributed by atoms with Gasteiger partial charge >= 0.3 is 0 Å². The lowest BCUT2D eigenvalue weighted by Crippen LogP contribution is -1.79. The van der Waals surface area contributed by atoms with Crippen molar-refractivity contribution >= 4 is 17.5 Å². The summed E-state index contributed by atoms with van der Waals surface area (Å²) in [6.45, 7) is 12.0. The number of phenols is 1. The molecule has 3 aromatic rings. The molecule has 3 rings (SSSR count). The van der Waals surface area contributed by atoms with Gasteiger partial charge in [-0.25, -0.2) is 4.79 Å². The standard InChI is InChI=1S/C7H5NO.C6H7N.C6H6O.3C2H6/c9-6-8-7-4-2-1-3-5-7;2*7-6-4-2-1-3-5-6;3*1-2/h1-5H;1-5H,7H2;1-5,7H;3*1-2H3. The smallest absolute Gasteiger partial charge is 0.240 e. The van der Waals surface area contributed by atoms with Gasteiger partial charge in [0.2, 0.25) is 6.08 Å². The largest absolute Gasteiger partial charge is 0.508 e. The highest BCUT2D eigenvalue weighted by Gasteiger charge is 1.80. The summed E-state index contributed by atoms with van der Waals surface area (Å²) in [4.78, 5) is 13.1. The molecule has 0 unspecified atom stereocenters. The predicted octanol–water partition coefficient (Wildman–Crippen LogP) is 7.39. The van der Waals surface area contributed by atoms with Gasteiger partial charge < -0.3 is 10.8 Å².